The van der Waals surface area contributed by atoms with Gasteiger partial charge in [0.15, 0.2) is 24.0 Å². The molecule has 0 spiro atoms. The zero-order chi connectivity index (χ0) is 27.4. The molecule has 37 heavy (non-hydrogen) atoms. The lowest BCUT2D eigenvalue weighted by molar-refractivity contribution is -0.118. The van der Waals surface area contributed by atoms with Crippen LogP contribution in [0, 0.1) is 17.2 Å². The summed E-state index contributed by atoms with van der Waals surface area (Å²) in [4.78, 5) is 13.5. The fourth-order valence-electron chi connectivity index (χ4n) is 4.53. The van der Waals surface area contributed by atoms with Crippen LogP contribution in [0.5, 0.6) is 0 Å². The van der Waals surface area contributed by atoms with Gasteiger partial charge in [-0.2, -0.15) is 10.4 Å². The topological polar surface area (TPSA) is 114 Å². The minimum absolute atomic E-state index is 0.0163. The second kappa shape index (κ2) is 11.5. The summed E-state index contributed by atoms with van der Waals surface area (Å²) in [5, 5.41) is 17.2. The lowest BCUT2D eigenvalue weighted by Crippen LogP contribution is -2.41. The van der Waals surface area contributed by atoms with Gasteiger partial charge in [0.2, 0.25) is 5.91 Å². The third-order valence-corrected chi connectivity index (χ3v) is 13.5. The molecule has 1 atom stereocenters. The summed E-state index contributed by atoms with van der Waals surface area (Å²) in [5.41, 5.74) is 0.714. The highest BCUT2D eigenvalue weighted by Gasteiger charge is 2.37. The number of benzene rings is 1. The molecule has 0 radical (unpaired) electrons. The van der Waals surface area contributed by atoms with E-state index in [4.69, 9.17) is 4.43 Å². The molecular weight excluding hydrogens is 504 g/mol. The maximum atomic E-state index is 13.5. The van der Waals surface area contributed by atoms with E-state index in [0.717, 1.165) is 31.9 Å². The molecule has 3 rings (SSSR count). The minimum atomic E-state index is -3.55. The van der Waals surface area contributed by atoms with Crippen LogP contribution in [-0.2, 0) is 25.6 Å². The Morgan fingerprint density at radius 1 is 1.27 bits per heavy atom. The van der Waals surface area contributed by atoms with Crippen LogP contribution in [0.1, 0.15) is 69.9 Å². The maximum absolute atomic E-state index is 13.5. The predicted molar refractivity (Wildman–Crippen MR) is 148 cm³/mol. The summed E-state index contributed by atoms with van der Waals surface area (Å²) >= 11 is 0. The number of nitrogens with zero attached hydrogens (tertiary/aromatic N) is 3. The second-order valence-corrected chi connectivity index (χ2v) is 18.4. The van der Waals surface area contributed by atoms with Crippen molar-refractivity contribution in [2.45, 2.75) is 88.4 Å². The third kappa shape index (κ3) is 7.52. The lowest BCUT2D eigenvalue weighted by Gasteiger charge is -2.36. The highest BCUT2D eigenvalue weighted by atomic mass is 32.2. The molecule has 1 heterocycles. The number of anilines is 1. The largest absolute Gasteiger partial charge is 0.415 e. The number of sulfone groups is 1. The van der Waals surface area contributed by atoms with E-state index >= 15 is 0 Å². The van der Waals surface area contributed by atoms with Crippen molar-refractivity contribution in [1.29, 1.82) is 5.26 Å². The Hall–Kier alpha value is -2.48. The van der Waals surface area contributed by atoms with Crippen molar-refractivity contribution in [3.8, 4) is 6.07 Å². The fraction of sp³-hybridized carbons (Fsp3) is 0.593. The average Bonchev–Trinajstić information content (AvgIpc) is 3.47. The van der Waals surface area contributed by atoms with E-state index in [9.17, 15) is 18.5 Å². The van der Waals surface area contributed by atoms with Crippen molar-refractivity contribution in [2.75, 3.05) is 18.2 Å². The van der Waals surface area contributed by atoms with E-state index in [1.54, 1.807) is 22.9 Å². The zero-order valence-corrected chi connectivity index (χ0v) is 24.7. The Bertz CT molecular complexity index is 1250. The molecule has 0 unspecified atom stereocenters. The number of rotatable bonds is 10. The van der Waals surface area contributed by atoms with E-state index in [1.807, 2.05) is 12.3 Å². The van der Waals surface area contributed by atoms with Gasteiger partial charge in [0, 0.05) is 18.5 Å². The highest BCUT2D eigenvalue weighted by molar-refractivity contribution is 7.90. The molecule has 1 aliphatic carbocycles. The van der Waals surface area contributed by atoms with Crippen LogP contribution in [0.25, 0.3) is 0 Å². The summed E-state index contributed by atoms with van der Waals surface area (Å²) in [6.07, 6.45) is 7.99. The van der Waals surface area contributed by atoms with Crippen molar-refractivity contribution in [2.24, 2.45) is 5.92 Å². The first-order valence-electron chi connectivity index (χ1n) is 12.9. The summed E-state index contributed by atoms with van der Waals surface area (Å²) in [6.45, 7) is 12.2. The Morgan fingerprint density at radius 2 is 1.95 bits per heavy atom. The number of nitriles is 1. The first-order valence-corrected chi connectivity index (χ1v) is 17.7. The van der Waals surface area contributed by atoms with E-state index < -0.39 is 24.1 Å². The number of hydrogen-bond acceptors (Lipinski definition) is 6. The van der Waals surface area contributed by atoms with Crippen LogP contribution in [-0.4, -0.2) is 45.3 Å². The number of carbonyl (C=O) groups is 1. The van der Waals surface area contributed by atoms with Gasteiger partial charge in [-0.1, -0.05) is 52.5 Å². The molecule has 0 bridgehead atoms. The van der Waals surface area contributed by atoms with Gasteiger partial charge in [-0.3, -0.25) is 9.48 Å². The van der Waals surface area contributed by atoms with Crippen molar-refractivity contribution >= 4 is 29.9 Å². The molecule has 1 saturated carbocycles. The molecule has 10 heteroatoms. The maximum Gasteiger partial charge on any atom is 0.233 e. The van der Waals surface area contributed by atoms with Gasteiger partial charge in [-0.05, 0) is 48.2 Å². The molecule has 8 nitrogen and oxygen atoms in total. The van der Waals surface area contributed by atoms with Gasteiger partial charge in [0.25, 0.3) is 0 Å². The minimum Gasteiger partial charge on any atom is -0.415 e. The Labute approximate surface area is 222 Å². The van der Waals surface area contributed by atoms with Crippen LogP contribution >= 0.6 is 0 Å². The molecule has 1 amide bonds. The van der Waals surface area contributed by atoms with E-state index in [2.05, 4.69) is 44.3 Å². The van der Waals surface area contributed by atoms with Gasteiger partial charge in [-0.15, -0.1) is 0 Å². The summed E-state index contributed by atoms with van der Waals surface area (Å²) in [5.74, 6) is 0.171. The standard InChI is InChI=1S/C27H40N4O4SSi/c1-27(2,3)37(5,6)35-16-15-31-14-13-25(30-31)29-26(32)23(17-20-9-7-8-10-20)21-11-12-24(36(4,33)34)22(18-21)19-28/h11-14,18,20,23H,7-10,15-17H2,1-6H3,(H,29,30,32)/t23-/m1/s1. The molecule has 2 aromatic rings. The Balaban J connectivity index is 1.75. The van der Waals surface area contributed by atoms with Crippen LogP contribution in [0.3, 0.4) is 0 Å². The van der Waals surface area contributed by atoms with Crippen LogP contribution in [0.2, 0.25) is 18.1 Å². The number of amides is 1. The van der Waals surface area contributed by atoms with Crippen LogP contribution in [0.15, 0.2) is 35.4 Å². The molecule has 1 fully saturated rings. The second-order valence-electron chi connectivity index (χ2n) is 11.6. The quantitative estimate of drug-likeness (QED) is 0.396. The number of aromatic nitrogens is 2. The van der Waals surface area contributed by atoms with Crippen molar-refractivity contribution in [3.05, 3.63) is 41.6 Å². The summed E-state index contributed by atoms with van der Waals surface area (Å²) < 4.78 is 32.2. The summed E-state index contributed by atoms with van der Waals surface area (Å²) in [7, 11) is -5.39. The molecule has 0 aliphatic heterocycles. The first-order chi connectivity index (χ1) is 17.2. The molecule has 202 valence electrons. The van der Waals surface area contributed by atoms with E-state index in [0.29, 0.717) is 36.9 Å². The Kier molecular flexibility index (Phi) is 9.04. The van der Waals surface area contributed by atoms with Crippen molar-refractivity contribution in [3.63, 3.8) is 0 Å². The lowest BCUT2D eigenvalue weighted by atomic mass is 9.86. The highest BCUT2D eigenvalue weighted by Crippen LogP contribution is 2.37. The van der Waals surface area contributed by atoms with Gasteiger partial charge in [0.1, 0.15) is 6.07 Å². The number of nitrogens with one attached hydrogen (secondary N) is 1. The van der Waals surface area contributed by atoms with Crippen molar-refractivity contribution in [1.82, 2.24) is 9.78 Å². The van der Waals surface area contributed by atoms with Crippen LogP contribution < -0.4 is 5.32 Å². The molecule has 1 aromatic carbocycles. The zero-order valence-electron chi connectivity index (χ0n) is 22.9. The first kappa shape index (κ1) is 29.1. The number of carbonyl (C=O) groups excluding carboxylic acids is 1. The van der Waals surface area contributed by atoms with Gasteiger partial charge < -0.3 is 9.74 Å². The smallest absolute Gasteiger partial charge is 0.233 e. The predicted octanol–water partition coefficient (Wildman–Crippen LogP) is 5.48. The van der Waals surface area contributed by atoms with Gasteiger partial charge >= 0.3 is 0 Å². The molecular formula is C27H40N4O4SSi. The number of hydrogen-bond donors (Lipinski definition) is 1. The van der Waals surface area contributed by atoms with Crippen LogP contribution in [0.4, 0.5) is 5.82 Å². The molecule has 1 aromatic heterocycles. The fourth-order valence-corrected chi connectivity index (χ4v) is 6.38. The van der Waals surface area contributed by atoms with Gasteiger partial charge in [-0.25, -0.2) is 8.42 Å². The average molecular weight is 545 g/mol. The molecule has 1 aliphatic rings. The van der Waals surface area contributed by atoms with Crippen molar-refractivity contribution < 1.29 is 17.6 Å². The molecule has 1 N–H and O–H groups in total. The third-order valence-electron chi connectivity index (χ3n) is 7.77. The molecule has 0 saturated heterocycles. The van der Waals surface area contributed by atoms with Gasteiger partial charge in [0.05, 0.1) is 29.5 Å². The van der Waals surface area contributed by atoms with E-state index in [-0.39, 0.29) is 21.4 Å². The normalized spacial score (nSPS) is 15.9. The Morgan fingerprint density at radius 3 is 2.54 bits per heavy atom. The van der Waals surface area contributed by atoms with E-state index in [1.165, 1.54) is 6.07 Å². The monoisotopic (exact) mass is 544 g/mol. The summed E-state index contributed by atoms with van der Waals surface area (Å²) in [6, 6.07) is 8.40. The SMILES string of the molecule is CC(C)(C)[Si](C)(C)OCCn1ccc(NC(=O)[C@H](CC2CCCC2)c2ccc(S(C)(=O)=O)c(C#N)c2)n1.